The number of amides is 1. The third-order valence-corrected chi connectivity index (χ3v) is 5.53. The van der Waals surface area contributed by atoms with E-state index in [-0.39, 0.29) is 17.3 Å². The normalized spacial score (nSPS) is 12.0. The number of imidazole rings is 1. The summed E-state index contributed by atoms with van der Waals surface area (Å²) in [5.41, 5.74) is 0.875. The number of pyridine rings is 2. The lowest BCUT2D eigenvalue weighted by Crippen LogP contribution is -2.30. The monoisotopic (exact) mass is 437 g/mol. The van der Waals surface area contributed by atoms with Gasteiger partial charge in [-0.05, 0) is 17.9 Å². The maximum atomic E-state index is 13.0. The maximum Gasteiger partial charge on any atom is 0.433 e. The van der Waals surface area contributed by atoms with Gasteiger partial charge in [0.2, 0.25) is 5.91 Å². The number of nitrogens with zero attached hydrogens (tertiary/aromatic N) is 5. The van der Waals surface area contributed by atoms with Crippen molar-refractivity contribution in [3.8, 4) is 11.5 Å². The van der Waals surface area contributed by atoms with Crippen LogP contribution in [-0.2, 0) is 18.0 Å². The van der Waals surface area contributed by atoms with E-state index in [2.05, 4.69) is 15.0 Å². The van der Waals surface area contributed by atoms with Crippen LogP contribution in [0.1, 0.15) is 26.5 Å². The third-order valence-electron chi connectivity index (χ3n) is 4.62. The molecule has 30 heavy (non-hydrogen) atoms. The van der Waals surface area contributed by atoms with E-state index in [4.69, 9.17) is 0 Å². The van der Waals surface area contributed by atoms with Crippen molar-refractivity contribution in [3.63, 3.8) is 0 Å². The number of thioether (sulfide) groups is 1. The highest BCUT2D eigenvalue weighted by Gasteiger charge is 2.33. The Labute approximate surface area is 176 Å². The fraction of sp³-hybridized carbons (Fsp3) is 0.400. The first-order chi connectivity index (χ1) is 14.0. The highest BCUT2D eigenvalue weighted by Crippen LogP contribution is 2.35. The van der Waals surface area contributed by atoms with Crippen LogP contribution in [0.4, 0.5) is 18.9 Å². The number of aromatic nitrogens is 4. The van der Waals surface area contributed by atoms with Gasteiger partial charge in [-0.3, -0.25) is 4.79 Å². The number of carbonyl (C=O) groups excluding carboxylic acids is 1. The zero-order valence-electron chi connectivity index (χ0n) is 17.3. The zero-order chi connectivity index (χ0) is 22.2. The molecule has 0 saturated carbocycles. The second-order valence-electron chi connectivity index (χ2n) is 7.08. The fourth-order valence-corrected chi connectivity index (χ4v) is 3.82. The Morgan fingerprint density at radius 1 is 1.23 bits per heavy atom. The molecule has 3 aromatic rings. The van der Waals surface area contributed by atoms with Crippen LogP contribution >= 0.6 is 11.8 Å². The first-order valence-electron chi connectivity index (χ1n) is 9.35. The molecule has 0 atom stereocenters. The number of carbonyl (C=O) groups is 1. The summed E-state index contributed by atoms with van der Waals surface area (Å²) >= 11 is 1.53. The van der Waals surface area contributed by atoms with Gasteiger partial charge in [-0.15, -0.1) is 11.8 Å². The molecule has 3 aromatic heterocycles. The van der Waals surface area contributed by atoms with Crippen molar-refractivity contribution in [2.75, 3.05) is 17.7 Å². The summed E-state index contributed by atoms with van der Waals surface area (Å²) in [7, 11) is 3.41. The van der Waals surface area contributed by atoms with E-state index < -0.39 is 11.9 Å². The van der Waals surface area contributed by atoms with Crippen molar-refractivity contribution in [3.05, 3.63) is 30.2 Å². The van der Waals surface area contributed by atoms with E-state index in [1.54, 1.807) is 29.8 Å². The molecule has 3 heterocycles. The Morgan fingerprint density at radius 3 is 2.53 bits per heavy atom. The Kier molecular flexibility index (Phi) is 6.07. The molecule has 0 bridgehead atoms. The number of hydrogen-bond acceptors (Lipinski definition) is 5. The second-order valence-corrected chi connectivity index (χ2v) is 8.38. The molecular formula is C20H22F3N5OS. The van der Waals surface area contributed by atoms with Crippen LogP contribution in [0.2, 0.25) is 0 Å². The SMILES string of the molecule is CCSc1cc(N(C)C(=O)C(C)C)cnc1-c1nc2cc(C(F)(F)F)ncc2n1C. The van der Waals surface area contributed by atoms with Gasteiger partial charge in [-0.2, -0.15) is 13.2 Å². The molecule has 0 aliphatic rings. The van der Waals surface area contributed by atoms with Crippen molar-refractivity contribution in [1.29, 1.82) is 0 Å². The van der Waals surface area contributed by atoms with Gasteiger partial charge < -0.3 is 9.47 Å². The predicted molar refractivity (Wildman–Crippen MR) is 111 cm³/mol. The average molecular weight is 437 g/mol. The number of halogens is 3. The first kappa shape index (κ1) is 22.1. The van der Waals surface area contributed by atoms with Crippen LogP contribution in [0.15, 0.2) is 29.4 Å². The van der Waals surface area contributed by atoms with Crippen LogP contribution in [0.25, 0.3) is 22.6 Å². The standard InChI is InChI=1S/C20H22F3N5OS/c1-6-30-15-7-12(27(4)19(29)11(2)3)9-25-17(15)18-26-13-8-16(20(21,22)23)24-10-14(13)28(18)5/h7-11H,6H2,1-5H3. The summed E-state index contributed by atoms with van der Waals surface area (Å²) in [5.74, 6) is 0.994. The lowest BCUT2D eigenvalue weighted by Gasteiger charge is -2.20. The molecule has 160 valence electrons. The fourth-order valence-electron chi connectivity index (χ4n) is 3.02. The molecule has 3 rings (SSSR count). The maximum absolute atomic E-state index is 13.0. The molecular weight excluding hydrogens is 415 g/mol. The smallest absolute Gasteiger partial charge is 0.325 e. The topological polar surface area (TPSA) is 63.9 Å². The van der Waals surface area contributed by atoms with E-state index in [9.17, 15) is 18.0 Å². The van der Waals surface area contributed by atoms with Gasteiger partial charge in [0.05, 0.1) is 29.1 Å². The van der Waals surface area contributed by atoms with Crippen LogP contribution in [0.5, 0.6) is 0 Å². The molecule has 1 amide bonds. The van der Waals surface area contributed by atoms with Crippen molar-refractivity contribution < 1.29 is 18.0 Å². The number of hydrogen-bond donors (Lipinski definition) is 0. The summed E-state index contributed by atoms with van der Waals surface area (Å²) in [6.07, 6.45) is -1.79. The molecule has 0 aromatic carbocycles. The summed E-state index contributed by atoms with van der Waals surface area (Å²) in [6, 6.07) is 2.80. The number of aryl methyl sites for hydroxylation is 1. The van der Waals surface area contributed by atoms with Gasteiger partial charge in [0, 0.05) is 24.9 Å². The Hall–Kier alpha value is -2.62. The third kappa shape index (κ3) is 4.14. The van der Waals surface area contributed by atoms with Crippen molar-refractivity contribution in [2.24, 2.45) is 13.0 Å². The lowest BCUT2D eigenvalue weighted by atomic mass is 10.2. The molecule has 0 radical (unpaired) electrons. The Balaban J connectivity index is 2.11. The molecule has 0 spiro atoms. The predicted octanol–water partition coefficient (Wildman–Crippen LogP) is 4.78. The highest BCUT2D eigenvalue weighted by molar-refractivity contribution is 7.99. The number of rotatable bonds is 5. The summed E-state index contributed by atoms with van der Waals surface area (Å²) in [4.78, 5) is 27.1. The van der Waals surface area contributed by atoms with Crippen LogP contribution in [0, 0.1) is 5.92 Å². The Morgan fingerprint density at radius 2 is 1.93 bits per heavy atom. The summed E-state index contributed by atoms with van der Waals surface area (Å²) < 4.78 is 40.7. The van der Waals surface area contributed by atoms with Crippen LogP contribution in [-0.4, -0.2) is 38.2 Å². The highest BCUT2D eigenvalue weighted by atomic mass is 32.2. The molecule has 6 nitrogen and oxygen atoms in total. The van der Waals surface area contributed by atoms with E-state index in [0.717, 1.165) is 16.7 Å². The molecule has 0 aliphatic carbocycles. The van der Waals surface area contributed by atoms with E-state index in [1.165, 1.54) is 18.0 Å². The minimum atomic E-state index is -4.54. The molecule has 0 unspecified atom stereocenters. The van der Waals surface area contributed by atoms with Gasteiger partial charge in [0.15, 0.2) is 5.82 Å². The molecule has 0 saturated heterocycles. The van der Waals surface area contributed by atoms with Gasteiger partial charge in [0.1, 0.15) is 11.4 Å². The van der Waals surface area contributed by atoms with Crippen LogP contribution in [0.3, 0.4) is 0 Å². The van der Waals surface area contributed by atoms with Gasteiger partial charge in [0.25, 0.3) is 0 Å². The van der Waals surface area contributed by atoms with Crippen LogP contribution < -0.4 is 4.90 Å². The summed E-state index contributed by atoms with van der Waals surface area (Å²) in [6.45, 7) is 5.63. The first-order valence-corrected chi connectivity index (χ1v) is 10.3. The van der Waals surface area contributed by atoms with Crippen molar-refractivity contribution in [2.45, 2.75) is 31.8 Å². The molecule has 0 fully saturated rings. The van der Waals surface area contributed by atoms with Gasteiger partial charge in [-0.25, -0.2) is 15.0 Å². The largest absolute Gasteiger partial charge is 0.433 e. The Bertz CT molecular complexity index is 1090. The zero-order valence-corrected chi connectivity index (χ0v) is 18.1. The second kappa shape index (κ2) is 8.25. The number of fused-ring (bicyclic) bond motifs is 1. The van der Waals surface area contributed by atoms with Crippen molar-refractivity contribution in [1.82, 2.24) is 19.5 Å². The van der Waals surface area contributed by atoms with E-state index >= 15 is 0 Å². The van der Waals surface area contributed by atoms with Crippen molar-refractivity contribution >= 4 is 34.4 Å². The van der Waals surface area contributed by atoms with Gasteiger partial charge in [-0.1, -0.05) is 20.8 Å². The lowest BCUT2D eigenvalue weighted by molar-refractivity contribution is -0.141. The quantitative estimate of drug-likeness (QED) is 0.538. The minimum absolute atomic E-state index is 0.0366. The molecule has 10 heteroatoms. The average Bonchev–Trinajstić information content (AvgIpc) is 3.02. The van der Waals surface area contributed by atoms with Gasteiger partial charge >= 0.3 is 6.18 Å². The number of alkyl halides is 3. The number of anilines is 1. The summed E-state index contributed by atoms with van der Waals surface area (Å²) in [5, 5.41) is 0. The van der Waals surface area contributed by atoms with E-state index in [1.807, 2.05) is 26.8 Å². The molecule has 0 N–H and O–H groups in total. The molecule has 0 aliphatic heterocycles. The van der Waals surface area contributed by atoms with E-state index in [0.29, 0.717) is 22.7 Å². The minimum Gasteiger partial charge on any atom is -0.325 e.